The largest absolute Gasteiger partial charge is 0.317 e. The van der Waals surface area contributed by atoms with E-state index in [0.717, 1.165) is 19.0 Å². The number of hydrogen-bond donors (Lipinski definition) is 1. The van der Waals surface area contributed by atoms with Crippen molar-refractivity contribution in [3.05, 3.63) is 12.2 Å². The zero-order valence-electron chi connectivity index (χ0n) is 8.11. The first kappa shape index (κ1) is 10.7. The normalized spacial score (nSPS) is 13.0. The van der Waals surface area contributed by atoms with Gasteiger partial charge in [0.15, 0.2) is 0 Å². The molecular weight excluding hydrogens is 134 g/mol. The number of rotatable bonds is 6. The second kappa shape index (κ2) is 6.41. The van der Waals surface area contributed by atoms with Crippen LogP contribution >= 0.6 is 0 Å². The van der Waals surface area contributed by atoms with Gasteiger partial charge in [-0.25, -0.2) is 0 Å². The molecule has 0 aromatic carbocycles. The molecule has 1 nitrogen and oxygen atoms in total. The quantitative estimate of drug-likeness (QED) is 0.581. The summed E-state index contributed by atoms with van der Waals surface area (Å²) in [5.74, 6) is 0.784. The minimum absolute atomic E-state index is 0.784. The molecule has 1 heteroatoms. The number of allylic oxidation sites excluding steroid dienone is 1. The highest BCUT2D eigenvalue weighted by Crippen LogP contribution is 2.08. The fourth-order valence-electron chi connectivity index (χ4n) is 0.986. The van der Waals surface area contributed by atoms with Gasteiger partial charge in [0.1, 0.15) is 0 Å². The van der Waals surface area contributed by atoms with Crippen molar-refractivity contribution in [1.29, 1.82) is 0 Å². The second-order valence-electron chi connectivity index (χ2n) is 3.41. The van der Waals surface area contributed by atoms with Crippen molar-refractivity contribution in [2.75, 3.05) is 13.1 Å². The van der Waals surface area contributed by atoms with E-state index in [2.05, 4.69) is 32.7 Å². The van der Waals surface area contributed by atoms with Crippen molar-refractivity contribution >= 4 is 0 Å². The van der Waals surface area contributed by atoms with E-state index in [9.17, 15) is 0 Å². The Labute approximate surface area is 70.9 Å². The summed E-state index contributed by atoms with van der Waals surface area (Å²) in [6.45, 7) is 12.6. The van der Waals surface area contributed by atoms with Gasteiger partial charge in [-0.2, -0.15) is 0 Å². The highest BCUT2D eigenvalue weighted by atomic mass is 14.8. The molecule has 66 valence electrons. The molecule has 0 amide bonds. The molecule has 1 atom stereocenters. The van der Waals surface area contributed by atoms with Crippen LogP contribution in [-0.4, -0.2) is 13.1 Å². The Balaban J connectivity index is 3.22. The van der Waals surface area contributed by atoms with Gasteiger partial charge in [-0.15, -0.1) is 6.58 Å². The Bertz CT molecular complexity index is 107. The summed E-state index contributed by atoms with van der Waals surface area (Å²) < 4.78 is 0. The molecule has 0 aliphatic rings. The molecule has 0 aromatic heterocycles. The molecule has 0 bridgehead atoms. The second-order valence-corrected chi connectivity index (χ2v) is 3.41. The molecule has 0 fully saturated rings. The van der Waals surface area contributed by atoms with Crippen LogP contribution in [0.2, 0.25) is 0 Å². The van der Waals surface area contributed by atoms with E-state index in [1.807, 2.05) is 0 Å². The summed E-state index contributed by atoms with van der Waals surface area (Å²) in [5.41, 5.74) is 1.30. The van der Waals surface area contributed by atoms with Crippen LogP contribution in [0.3, 0.4) is 0 Å². The van der Waals surface area contributed by atoms with E-state index in [1.165, 1.54) is 18.4 Å². The van der Waals surface area contributed by atoms with Gasteiger partial charge in [-0.3, -0.25) is 0 Å². The van der Waals surface area contributed by atoms with Crippen LogP contribution in [0, 0.1) is 5.92 Å². The Morgan fingerprint density at radius 1 is 1.55 bits per heavy atom. The van der Waals surface area contributed by atoms with Crippen LogP contribution in [0.5, 0.6) is 0 Å². The van der Waals surface area contributed by atoms with Gasteiger partial charge in [-0.05, 0) is 38.8 Å². The van der Waals surface area contributed by atoms with Gasteiger partial charge in [0, 0.05) is 0 Å². The van der Waals surface area contributed by atoms with Gasteiger partial charge >= 0.3 is 0 Å². The van der Waals surface area contributed by atoms with Crippen LogP contribution in [0.1, 0.15) is 33.6 Å². The Hall–Kier alpha value is -0.300. The summed E-state index contributed by atoms with van der Waals surface area (Å²) in [7, 11) is 0. The summed E-state index contributed by atoms with van der Waals surface area (Å²) in [6.07, 6.45) is 2.44. The molecular formula is C10H21N. The molecule has 11 heavy (non-hydrogen) atoms. The van der Waals surface area contributed by atoms with Crippen molar-refractivity contribution in [3.63, 3.8) is 0 Å². The highest BCUT2D eigenvalue weighted by molar-refractivity contribution is 4.87. The van der Waals surface area contributed by atoms with Gasteiger partial charge in [0.2, 0.25) is 0 Å². The van der Waals surface area contributed by atoms with Crippen LogP contribution in [-0.2, 0) is 0 Å². The summed E-state index contributed by atoms with van der Waals surface area (Å²) in [4.78, 5) is 0. The topological polar surface area (TPSA) is 12.0 Å². The smallest absolute Gasteiger partial charge is 0.00232 e. The third-order valence-corrected chi connectivity index (χ3v) is 1.81. The maximum Gasteiger partial charge on any atom is -0.00232 e. The van der Waals surface area contributed by atoms with Crippen molar-refractivity contribution in [2.45, 2.75) is 33.6 Å². The molecule has 0 aromatic rings. The maximum absolute atomic E-state index is 3.89. The SMILES string of the molecule is C=C(C)CCC(C)CNCC. The van der Waals surface area contributed by atoms with Crippen molar-refractivity contribution in [3.8, 4) is 0 Å². The Kier molecular flexibility index (Phi) is 6.24. The summed E-state index contributed by atoms with van der Waals surface area (Å²) in [5, 5.41) is 3.34. The molecule has 0 aliphatic heterocycles. The molecule has 0 radical (unpaired) electrons. The van der Waals surface area contributed by atoms with Crippen molar-refractivity contribution in [1.82, 2.24) is 5.32 Å². The predicted octanol–water partition coefficient (Wildman–Crippen LogP) is 2.59. The molecule has 1 unspecified atom stereocenters. The van der Waals surface area contributed by atoms with Crippen molar-refractivity contribution < 1.29 is 0 Å². The minimum atomic E-state index is 0.784. The average Bonchev–Trinajstić information content (AvgIpc) is 1.97. The monoisotopic (exact) mass is 155 g/mol. The van der Waals surface area contributed by atoms with Gasteiger partial charge < -0.3 is 5.32 Å². The van der Waals surface area contributed by atoms with Gasteiger partial charge in [0.05, 0.1) is 0 Å². The lowest BCUT2D eigenvalue weighted by Crippen LogP contribution is -2.20. The molecule has 0 rings (SSSR count). The van der Waals surface area contributed by atoms with Crippen LogP contribution in [0.4, 0.5) is 0 Å². The van der Waals surface area contributed by atoms with E-state index >= 15 is 0 Å². The third-order valence-electron chi connectivity index (χ3n) is 1.81. The molecule has 0 spiro atoms. The van der Waals surface area contributed by atoms with Crippen LogP contribution in [0.15, 0.2) is 12.2 Å². The fraction of sp³-hybridized carbons (Fsp3) is 0.800. The first-order valence-electron chi connectivity index (χ1n) is 4.52. The Morgan fingerprint density at radius 2 is 2.18 bits per heavy atom. The predicted molar refractivity (Wildman–Crippen MR) is 51.8 cm³/mol. The van der Waals surface area contributed by atoms with E-state index in [1.54, 1.807) is 0 Å². The number of nitrogens with one attached hydrogen (secondary N) is 1. The van der Waals surface area contributed by atoms with E-state index in [-0.39, 0.29) is 0 Å². The molecule has 1 N–H and O–H groups in total. The molecule has 0 heterocycles. The first-order valence-corrected chi connectivity index (χ1v) is 4.52. The zero-order chi connectivity index (χ0) is 8.69. The standard InChI is InChI=1S/C10H21N/c1-5-11-8-10(4)7-6-9(2)3/h10-11H,2,5-8H2,1,3-4H3. The van der Waals surface area contributed by atoms with Gasteiger partial charge in [0.25, 0.3) is 0 Å². The lowest BCUT2D eigenvalue weighted by atomic mass is 10.0. The lowest BCUT2D eigenvalue weighted by Gasteiger charge is -2.10. The lowest BCUT2D eigenvalue weighted by molar-refractivity contribution is 0.489. The highest BCUT2D eigenvalue weighted by Gasteiger charge is 1.99. The summed E-state index contributed by atoms with van der Waals surface area (Å²) >= 11 is 0. The first-order chi connectivity index (χ1) is 5.16. The minimum Gasteiger partial charge on any atom is -0.317 e. The summed E-state index contributed by atoms with van der Waals surface area (Å²) in [6, 6.07) is 0. The van der Waals surface area contributed by atoms with Crippen molar-refractivity contribution in [2.24, 2.45) is 5.92 Å². The molecule has 0 saturated heterocycles. The third kappa shape index (κ3) is 7.60. The Morgan fingerprint density at radius 3 is 2.64 bits per heavy atom. The van der Waals surface area contributed by atoms with E-state index in [0.29, 0.717) is 0 Å². The fourth-order valence-corrected chi connectivity index (χ4v) is 0.986. The van der Waals surface area contributed by atoms with E-state index < -0.39 is 0 Å². The number of hydrogen-bond acceptors (Lipinski definition) is 1. The zero-order valence-corrected chi connectivity index (χ0v) is 8.11. The van der Waals surface area contributed by atoms with E-state index in [4.69, 9.17) is 0 Å². The molecule has 0 saturated carbocycles. The van der Waals surface area contributed by atoms with Crippen LogP contribution in [0.25, 0.3) is 0 Å². The molecule has 0 aliphatic carbocycles. The van der Waals surface area contributed by atoms with Gasteiger partial charge in [-0.1, -0.05) is 19.4 Å². The average molecular weight is 155 g/mol. The maximum atomic E-state index is 3.89. The van der Waals surface area contributed by atoms with Crippen LogP contribution < -0.4 is 5.32 Å².